The Balaban J connectivity index is 1.53. The number of anilines is 2. The summed E-state index contributed by atoms with van der Waals surface area (Å²) in [7, 11) is 3.39. The van der Waals surface area contributed by atoms with Crippen molar-refractivity contribution in [2.24, 2.45) is 5.92 Å². The van der Waals surface area contributed by atoms with Gasteiger partial charge < -0.3 is 20.4 Å². The SMILES string of the molecule is CC1CCN(C(=O)c2cccc(NCC(=O)Nc3ccc(C(=O)N(C)C)cc3)c2)CC1. The number of nitrogens with zero attached hydrogens (tertiary/aromatic N) is 2. The summed E-state index contributed by atoms with van der Waals surface area (Å²) in [5.41, 5.74) is 2.52. The van der Waals surface area contributed by atoms with Gasteiger partial charge in [0.15, 0.2) is 0 Å². The van der Waals surface area contributed by atoms with E-state index in [-0.39, 0.29) is 24.3 Å². The summed E-state index contributed by atoms with van der Waals surface area (Å²) < 4.78 is 0. The molecule has 1 saturated heterocycles. The number of hydrogen-bond donors (Lipinski definition) is 2. The van der Waals surface area contributed by atoms with Gasteiger partial charge in [-0.2, -0.15) is 0 Å². The van der Waals surface area contributed by atoms with Crippen molar-refractivity contribution in [3.05, 3.63) is 59.7 Å². The van der Waals surface area contributed by atoms with E-state index >= 15 is 0 Å². The number of nitrogens with one attached hydrogen (secondary N) is 2. The molecule has 1 heterocycles. The molecule has 7 heteroatoms. The third-order valence-electron chi connectivity index (χ3n) is 5.46. The molecule has 0 aromatic heterocycles. The van der Waals surface area contributed by atoms with Crippen molar-refractivity contribution < 1.29 is 14.4 Å². The Hall–Kier alpha value is -3.35. The molecule has 31 heavy (non-hydrogen) atoms. The molecule has 0 atom stereocenters. The molecular formula is C24H30N4O3. The summed E-state index contributed by atoms with van der Waals surface area (Å²) in [5.74, 6) is 0.397. The van der Waals surface area contributed by atoms with E-state index in [1.807, 2.05) is 23.1 Å². The normalized spacial score (nSPS) is 14.1. The van der Waals surface area contributed by atoms with Gasteiger partial charge in [-0.3, -0.25) is 14.4 Å². The fraction of sp³-hybridized carbons (Fsp3) is 0.375. The molecule has 2 aromatic carbocycles. The number of hydrogen-bond acceptors (Lipinski definition) is 4. The second-order valence-corrected chi connectivity index (χ2v) is 8.23. The number of carbonyl (C=O) groups is 3. The minimum atomic E-state index is -0.214. The lowest BCUT2D eigenvalue weighted by molar-refractivity contribution is -0.114. The van der Waals surface area contributed by atoms with Crippen LogP contribution in [0.5, 0.6) is 0 Å². The zero-order valence-electron chi connectivity index (χ0n) is 18.4. The summed E-state index contributed by atoms with van der Waals surface area (Å²) in [5, 5.41) is 5.87. The quantitative estimate of drug-likeness (QED) is 0.748. The van der Waals surface area contributed by atoms with Crippen LogP contribution >= 0.6 is 0 Å². The third kappa shape index (κ3) is 6.07. The largest absolute Gasteiger partial charge is 0.376 e. The van der Waals surface area contributed by atoms with Crippen molar-refractivity contribution in [1.82, 2.24) is 9.80 Å². The van der Waals surface area contributed by atoms with Gasteiger partial charge in [0.05, 0.1) is 6.54 Å². The highest BCUT2D eigenvalue weighted by Crippen LogP contribution is 2.19. The Morgan fingerprint density at radius 2 is 1.65 bits per heavy atom. The maximum absolute atomic E-state index is 12.7. The molecule has 2 N–H and O–H groups in total. The molecule has 1 aliphatic rings. The van der Waals surface area contributed by atoms with Crippen LogP contribution in [0, 0.1) is 5.92 Å². The number of carbonyl (C=O) groups excluding carboxylic acids is 3. The lowest BCUT2D eigenvalue weighted by atomic mass is 9.98. The van der Waals surface area contributed by atoms with Crippen molar-refractivity contribution in [3.8, 4) is 0 Å². The van der Waals surface area contributed by atoms with Crippen LogP contribution in [0.25, 0.3) is 0 Å². The van der Waals surface area contributed by atoms with Crippen molar-refractivity contribution in [2.45, 2.75) is 19.8 Å². The smallest absolute Gasteiger partial charge is 0.253 e. The van der Waals surface area contributed by atoms with Gasteiger partial charge >= 0.3 is 0 Å². The molecule has 0 unspecified atom stereocenters. The van der Waals surface area contributed by atoms with E-state index < -0.39 is 0 Å². The van der Waals surface area contributed by atoms with Crippen LogP contribution in [-0.4, -0.2) is 61.3 Å². The number of amides is 3. The standard InChI is InChI=1S/C24H30N4O3/c1-17-11-13-28(14-12-17)24(31)19-5-4-6-21(15-19)25-16-22(29)26-20-9-7-18(8-10-20)23(30)27(2)3/h4-10,15,17,25H,11-14,16H2,1-3H3,(H,26,29). The van der Waals surface area contributed by atoms with Crippen LogP contribution in [0.2, 0.25) is 0 Å². The Morgan fingerprint density at radius 3 is 2.29 bits per heavy atom. The zero-order valence-corrected chi connectivity index (χ0v) is 18.4. The molecule has 0 bridgehead atoms. The average molecular weight is 423 g/mol. The second-order valence-electron chi connectivity index (χ2n) is 8.23. The van der Waals surface area contributed by atoms with E-state index in [1.165, 1.54) is 4.90 Å². The molecule has 0 aliphatic carbocycles. The molecule has 3 amide bonds. The van der Waals surface area contributed by atoms with Crippen molar-refractivity contribution in [2.75, 3.05) is 44.4 Å². The molecule has 1 aliphatic heterocycles. The van der Waals surface area contributed by atoms with Crippen LogP contribution < -0.4 is 10.6 Å². The molecule has 2 aromatic rings. The lowest BCUT2D eigenvalue weighted by Gasteiger charge is -2.30. The maximum atomic E-state index is 12.7. The Bertz CT molecular complexity index is 932. The third-order valence-corrected chi connectivity index (χ3v) is 5.46. The van der Waals surface area contributed by atoms with Gasteiger partial charge in [-0.05, 0) is 61.2 Å². The van der Waals surface area contributed by atoms with Gasteiger partial charge in [-0.25, -0.2) is 0 Å². The average Bonchev–Trinajstić information content (AvgIpc) is 2.78. The van der Waals surface area contributed by atoms with Gasteiger partial charge in [-0.1, -0.05) is 13.0 Å². The molecule has 7 nitrogen and oxygen atoms in total. The molecule has 0 spiro atoms. The van der Waals surface area contributed by atoms with Crippen molar-refractivity contribution >= 4 is 29.1 Å². The first-order valence-electron chi connectivity index (χ1n) is 10.6. The number of piperidine rings is 1. The van der Waals surface area contributed by atoms with Crippen LogP contribution in [-0.2, 0) is 4.79 Å². The van der Waals surface area contributed by atoms with Gasteiger partial charge in [-0.15, -0.1) is 0 Å². The summed E-state index contributed by atoms with van der Waals surface area (Å²) in [6, 6.07) is 14.0. The predicted molar refractivity (Wildman–Crippen MR) is 122 cm³/mol. The molecule has 0 saturated carbocycles. The topological polar surface area (TPSA) is 81.8 Å². The van der Waals surface area contributed by atoms with Gasteiger partial charge in [0.2, 0.25) is 5.91 Å². The number of rotatable bonds is 6. The van der Waals surface area contributed by atoms with E-state index in [0.29, 0.717) is 22.7 Å². The summed E-state index contributed by atoms with van der Waals surface area (Å²) in [4.78, 5) is 40.4. The van der Waals surface area contributed by atoms with E-state index in [0.717, 1.165) is 31.6 Å². The Morgan fingerprint density at radius 1 is 0.968 bits per heavy atom. The van der Waals surface area contributed by atoms with Crippen LogP contribution in [0.1, 0.15) is 40.5 Å². The first-order valence-corrected chi connectivity index (χ1v) is 10.6. The molecule has 164 valence electrons. The van der Waals surface area contributed by atoms with Crippen LogP contribution in [0.15, 0.2) is 48.5 Å². The predicted octanol–water partition coefficient (Wildman–Crippen LogP) is 3.31. The summed E-state index contributed by atoms with van der Waals surface area (Å²) >= 11 is 0. The Labute approximate surface area is 183 Å². The van der Waals surface area contributed by atoms with E-state index in [9.17, 15) is 14.4 Å². The minimum absolute atomic E-state index is 0.0346. The highest BCUT2D eigenvalue weighted by Gasteiger charge is 2.21. The van der Waals surface area contributed by atoms with E-state index in [1.54, 1.807) is 44.4 Å². The van der Waals surface area contributed by atoms with Gasteiger partial charge in [0, 0.05) is 49.7 Å². The van der Waals surface area contributed by atoms with Gasteiger partial charge in [0.25, 0.3) is 11.8 Å². The first-order chi connectivity index (χ1) is 14.8. The second kappa shape index (κ2) is 10.1. The summed E-state index contributed by atoms with van der Waals surface area (Å²) in [6.45, 7) is 3.87. The number of benzene rings is 2. The fourth-order valence-corrected chi connectivity index (χ4v) is 3.50. The highest BCUT2D eigenvalue weighted by atomic mass is 16.2. The molecular weight excluding hydrogens is 392 g/mol. The Kier molecular flexibility index (Phi) is 7.28. The summed E-state index contributed by atoms with van der Waals surface area (Å²) in [6.07, 6.45) is 2.07. The van der Waals surface area contributed by atoms with E-state index in [4.69, 9.17) is 0 Å². The van der Waals surface area contributed by atoms with Crippen molar-refractivity contribution in [1.29, 1.82) is 0 Å². The molecule has 1 fully saturated rings. The van der Waals surface area contributed by atoms with Crippen molar-refractivity contribution in [3.63, 3.8) is 0 Å². The van der Waals surface area contributed by atoms with Crippen LogP contribution in [0.4, 0.5) is 11.4 Å². The van der Waals surface area contributed by atoms with Gasteiger partial charge in [0.1, 0.15) is 0 Å². The number of likely N-dealkylation sites (tertiary alicyclic amines) is 1. The lowest BCUT2D eigenvalue weighted by Crippen LogP contribution is -2.37. The highest BCUT2D eigenvalue weighted by molar-refractivity contribution is 5.97. The first kappa shape index (κ1) is 22.3. The zero-order chi connectivity index (χ0) is 22.4. The van der Waals surface area contributed by atoms with E-state index in [2.05, 4.69) is 17.6 Å². The maximum Gasteiger partial charge on any atom is 0.253 e. The fourth-order valence-electron chi connectivity index (χ4n) is 3.50. The van der Waals surface area contributed by atoms with Crippen LogP contribution in [0.3, 0.4) is 0 Å². The molecule has 0 radical (unpaired) electrons. The molecule has 3 rings (SSSR count). The monoisotopic (exact) mass is 422 g/mol. The minimum Gasteiger partial charge on any atom is -0.376 e.